The Balaban J connectivity index is 0.718. The van der Waals surface area contributed by atoms with Gasteiger partial charge in [0.2, 0.25) is 5.91 Å². The van der Waals surface area contributed by atoms with E-state index in [4.69, 9.17) is 0 Å². The van der Waals surface area contributed by atoms with Crippen LogP contribution in [-0.2, 0) is 11.2 Å². The number of allylic oxidation sites excluding steroid dienone is 2. The molecule has 11 nitrogen and oxygen atoms in total. The van der Waals surface area contributed by atoms with Crippen molar-refractivity contribution in [1.82, 2.24) is 20.4 Å². The molecule has 0 radical (unpaired) electrons. The summed E-state index contributed by atoms with van der Waals surface area (Å²) >= 11 is 0. The number of rotatable bonds is 18. The van der Waals surface area contributed by atoms with E-state index >= 15 is 0 Å². The van der Waals surface area contributed by atoms with E-state index in [9.17, 15) is 24.3 Å². The average Bonchev–Trinajstić information content (AvgIpc) is 3.86. The van der Waals surface area contributed by atoms with E-state index in [0.29, 0.717) is 47.3 Å². The molecule has 3 aromatic carbocycles. The largest absolute Gasteiger partial charge is 0.507 e. The number of carbonyl (C=O) groups excluding carboxylic acids is 4. The number of unbranched alkanes of at least 4 members (excludes halogenated alkanes) is 5. The van der Waals surface area contributed by atoms with E-state index in [2.05, 4.69) is 56.6 Å². The van der Waals surface area contributed by atoms with Gasteiger partial charge in [-0.3, -0.25) is 24.1 Å². The molecule has 2 bridgehead atoms. The van der Waals surface area contributed by atoms with Crippen molar-refractivity contribution in [3.8, 4) is 5.75 Å². The first-order valence-electron chi connectivity index (χ1n) is 19.8. The summed E-state index contributed by atoms with van der Waals surface area (Å²) in [7, 11) is 0. The molecule has 3 aromatic rings. The Labute approximate surface area is 323 Å². The molecule has 3 atom stereocenters. The fourth-order valence-corrected chi connectivity index (χ4v) is 8.32. The molecule has 3 saturated heterocycles. The number of phenols is 1. The molecular weight excluding hydrogens is 693 g/mol. The molecule has 4 N–H and O–H groups in total. The van der Waals surface area contributed by atoms with E-state index in [1.165, 1.54) is 43.0 Å². The Hall–Kier alpha value is -5.42. The molecule has 3 fully saturated rings. The number of hydrogen-bond acceptors (Lipinski definition) is 9. The van der Waals surface area contributed by atoms with Crippen LogP contribution in [0.3, 0.4) is 0 Å². The lowest BCUT2D eigenvalue weighted by molar-refractivity contribution is -0.125. The van der Waals surface area contributed by atoms with Gasteiger partial charge in [0, 0.05) is 61.1 Å². The van der Waals surface area contributed by atoms with Gasteiger partial charge in [-0.1, -0.05) is 56.5 Å². The Morgan fingerprint density at radius 1 is 0.855 bits per heavy atom. The van der Waals surface area contributed by atoms with Crippen LogP contribution in [-0.4, -0.2) is 89.3 Å². The van der Waals surface area contributed by atoms with Crippen LogP contribution >= 0.6 is 0 Å². The van der Waals surface area contributed by atoms with Crippen LogP contribution < -0.4 is 20.9 Å². The number of hydrogen-bond donors (Lipinski definition) is 4. The number of carbonyl (C=O) groups is 4. The number of anilines is 2. The number of fused-ring (bicyclic) bond motifs is 3. The number of benzene rings is 3. The number of imide groups is 1. The highest BCUT2D eigenvalue weighted by molar-refractivity contribution is 6.23. The molecule has 7 rings (SSSR count). The predicted molar refractivity (Wildman–Crippen MR) is 214 cm³/mol. The van der Waals surface area contributed by atoms with Gasteiger partial charge in [0.05, 0.1) is 16.7 Å². The maximum atomic E-state index is 13.1. The Morgan fingerprint density at radius 3 is 2.35 bits per heavy atom. The van der Waals surface area contributed by atoms with Gasteiger partial charge in [-0.2, -0.15) is 0 Å². The van der Waals surface area contributed by atoms with Crippen molar-refractivity contribution in [3.63, 3.8) is 0 Å². The van der Waals surface area contributed by atoms with Crippen molar-refractivity contribution in [2.24, 2.45) is 0 Å². The maximum absolute atomic E-state index is 13.1. The molecule has 55 heavy (non-hydrogen) atoms. The molecule has 11 heteroatoms. The van der Waals surface area contributed by atoms with E-state index in [0.717, 1.165) is 69.0 Å². The van der Waals surface area contributed by atoms with Crippen LogP contribution in [0.2, 0.25) is 0 Å². The average molecular weight is 745 g/mol. The summed E-state index contributed by atoms with van der Waals surface area (Å²) in [4.78, 5) is 56.9. The maximum Gasteiger partial charge on any atom is 0.262 e. The SMILES string of the molecule is C=C1CCC(N2C(=O)c3ccc(NCCCCCCCCNCCc4ccc(N5C[C@H]6C[C@@H]5CN6/C=C/C(=O)c5ccccc5O)cc4)cc3C2=O)C(=O)N1. The van der Waals surface area contributed by atoms with Gasteiger partial charge < -0.3 is 30.9 Å². The number of piperidine rings is 1. The molecule has 0 aliphatic carbocycles. The zero-order valence-electron chi connectivity index (χ0n) is 31.5. The highest BCUT2D eigenvalue weighted by atomic mass is 16.3. The number of amides is 3. The molecule has 4 aliphatic rings. The number of piperazine rings is 1. The Morgan fingerprint density at radius 2 is 1.60 bits per heavy atom. The standard InChI is InChI=1S/C44H52N6O5/c1-30-12-19-39(42(53)47-30)50-43(54)36-18-15-32(26-38(36)44(50)55)46-23-9-5-3-2-4-8-22-45-24-20-31-13-16-33(17-14-31)49-29-34-27-35(49)28-48(34)25-21-41(52)37-10-6-7-11-40(37)51/h6-7,10-11,13-18,21,25-26,34-35,39,45-46,51H,1-5,8-9,12,19-20,22-24,27-29H2,(H,47,53)/b25-21+/t34-,35-,39?/m1/s1. The van der Waals surface area contributed by atoms with Gasteiger partial charge in [0.15, 0.2) is 5.78 Å². The van der Waals surface area contributed by atoms with Gasteiger partial charge in [-0.15, -0.1) is 0 Å². The lowest BCUT2D eigenvalue weighted by atomic mass is 10.0. The minimum Gasteiger partial charge on any atom is -0.507 e. The summed E-state index contributed by atoms with van der Waals surface area (Å²) in [5, 5.41) is 19.6. The second kappa shape index (κ2) is 17.4. The predicted octanol–water partition coefficient (Wildman–Crippen LogP) is 6.02. The molecule has 4 heterocycles. The summed E-state index contributed by atoms with van der Waals surface area (Å²) in [6.07, 6.45) is 13.4. The van der Waals surface area contributed by atoms with E-state index in [1.54, 1.807) is 36.4 Å². The van der Waals surface area contributed by atoms with Gasteiger partial charge in [-0.25, -0.2) is 0 Å². The summed E-state index contributed by atoms with van der Waals surface area (Å²) < 4.78 is 0. The van der Waals surface area contributed by atoms with Gasteiger partial charge >= 0.3 is 0 Å². The molecular formula is C44H52N6O5. The van der Waals surface area contributed by atoms with Crippen molar-refractivity contribution in [3.05, 3.63) is 114 Å². The third-order valence-electron chi connectivity index (χ3n) is 11.4. The third-order valence-corrected chi connectivity index (χ3v) is 11.4. The third kappa shape index (κ3) is 8.78. The Kier molecular flexibility index (Phi) is 12.0. The second-order valence-electron chi connectivity index (χ2n) is 15.2. The van der Waals surface area contributed by atoms with Crippen molar-refractivity contribution >= 4 is 34.9 Å². The van der Waals surface area contributed by atoms with Crippen molar-refractivity contribution in [1.29, 1.82) is 0 Å². The highest BCUT2D eigenvalue weighted by Gasteiger charge is 2.44. The van der Waals surface area contributed by atoms with Crippen LogP contribution in [0.25, 0.3) is 0 Å². The number of aromatic hydroxyl groups is 1. The number of nitrogens with one attached hydrogen (secondary N) is 3. The Bertz CT molecular complexity index is 1940. The molecule has 288 valence electrons. The fraction of sp³-hybridized carbons (Fsp3) is 0.409. The number of ketones is 1. The smallest absolute Gasteiger partial charge is 0.262 e. The molecule has 0 spiro atoms. The lowest BCUT2D eigenvalue weighted by Gasteiger charge is -2.35. The van der Waals surface area contributed by atoms with Gasteiger partial charge in [0.25, 0.3) is 11.8 Å². The van der Waals surface area contributed by atoms with Crippen LogP contribution in [0.15, 0.2) is 91.3 Å². The summed E-state index contributed by atoms with van der Waals surface area (Å²) in [6.45, 7) is 8.40. The lowest BCUT2D eigenvalue weighted by Crippen LogP contribution is -2.51. The number of para-hydroxylation sites is 1. The molecule has 1 unspecified atom stereocenters. The molecule has 0 aromatic heterocycles. The molecule has 3 amide bonds. The minimum absolute atomic E-state index is 0.0157. The fourth-order valence-electron chi connectivity index (χ4n) is 8.32. The normalized spacial score (nSPS) is 20.5. The van der Waals surface area contributed by atoms with Gasteiger partial charge in [-0.05, 0) is 99.6 Å². The van der Waals surface area contributed by atoms with Gasteiger partial charge in [0.1, 0.15) is 11.8 Å². The number of phenolic OH excluding ortho intramolecular Hbond substituents is 1. The second-order valence-corrected chi connectivity index (χ2v) is 15.2. The van der Waals surface area contributed by atoms with E-state index in [1.807, 2.05) is 12.3 Å². The van der Waals surface area contributed by atoms with E-state index in [-0.39, 0.29) is 17.4 Å². The van der Waals surface area contributed by atoms with Crippen molar-refractivity contribution < 1.29 is 24.3 Å². The first-order chi connectivity index (χ1) is 26.8. The summed E-state index contributed by atoms with van der Waals surface area (Å²) in [5.41, 5.74) is 5.06. The summed E-state index contributed by atoms with van der Waals surface area (Å²) in [6, 6.07) is 20.9. The molecule has 4 aliphatic heterocycles. The zero-order chi connectivity index (χ0) is 38.3. The summed E-state index contributed by atoms with van der Waals surface area (Å²) in [5.74, 6) is -1.33. The monoisotopic (exact) mass is 744 g/mol. The van der Waals surface area contributed by atoms with E-state index < -0.39 is 17.9 Å². The zero-order valence-corrected chi connectivity index (χ0v) is 31.5. The highest BCUT2D eigenvalue weighted by Crippen LogP contribution is 2.35. The first-order valence-corrected chi connectivity index (χ1v) is 19.8. The quantitative estimate of drug-likeness (QED) is 0.0534. The minimum atomic E-state index is -0.797. The van der Waals surface area contributed by atoms with Crippen molar-refractivity contribution in [2.75, 3.05) is 42.9 Å². The van der Waals surface area contributed by atoms with Crippen molar-refractivity contribution in [2.45, 2.75) is 82.3 Å². The van der Waals surface area contributed by atoms with Crippen LogP contribution in [0.5, 0.6) is 5.75 Å². The number of likely N-dealkylation sites (tertiary alicyclic amines) is 1. The van der Waals surface area contributed by atoms with Crippen LogP contribution in [0, 0.1) is 0 Å². The van der Waals surface area contributed by atoms with Crippen LogP contribution in [0.4, 0.5) is 11.4 Å². The van der Waals surface area contributed by atoms with Crippen LogP contribution in [0.1, 0.15) is 94.4 Å². The topological polar surface area (TPSA) is 134 Å². The first kappa shape index (κ1) is 37.9. The molecule has 0 saturated carbocycles. The number of nitrogens with zero attached hydrogens (tertiary/aromatic N) is 3.